The fourth-order valence-corrected chi connectivity index (χ4v) is 5.87. The number of rotatable bonds is 3. The summed E-state index contributed by atoms with van der Waals surface area (Å²) in [5.41, 5.74) is 14.3. The predicted octanol–water partition coefficient (Wildman–Crippen LogP) is 3.15. The average molecular weight is 460 g/mol. The van der Waals surface area contributed by atoms with Crippen molar-refractivity contribution in [2.45, 2.75) is 48.8 Å². The van der Waals surface area contributed by atoms with E-state index in [4.69, 9.17) is 32.8 Å². The minimum absolute atomic E-state index is 0.0787. The lowest BCUT2D eigenvalue weighted by molar-refractivity contribution is 0.0974. The lowest BCUT2D eigenvalue weighted by Crippen LogP contribution is -2.50. The maximum absolute atomic E-state index is 6.49. The number of pyridine rings is 1. The molecular formula is C21H26ClN7OS. The van der Waals surface area contributed by atoms with Gasteiger partial charge < -0.3 is 21.1 Å². The lowest BCUT2D eigenvalue weighted by Gasteiger charge is -2.41. The third-order valence-corrected chi connectivity index (χ3v) is 8.42. The Labute approximate surface area is 190 Å². The Morgan fingerprint density at radius 1 is 1.32 bits per heavy atom. The van der Waals surface area contributed by atoms with Gasteiger partial charge in [-0.25, -0.2) is 15.0 Å². The van der Waals surface area contributed by atoms with Gasteiger partial charge in [-0.3, -0.25) is 4.40 Å². The molecule has 164 valence electrons. The van der Waals surface area contributed by atoms with Crippen molar-refractivity contribution < 1.29 is 4.74 Å². The molecule has 2 saturated heterocycles. The van der Waals surface area contributed by atoms with Gasteiger partial charge in [0.2, 0.25) is 0 Å². The van der Waals surface area contributed by atoms with Crippen LogP contribution in [0.5, 0.6) is 0 Å². The molecular weight excluding hydrogens is 434 g/mol. The molecule has 0 aromatic carbocycles. The molecule has 2 aliphatic rings. The molecule has 0 amide bonds. The van der Waals surface area contributed by atoms with Crippen LogP contribution < -0.4 is 16.4 Å². The van der Waals surface area contributed by atoms with Crippen LogP contribution >= 0.6 is 23.4 Å². The maximum atomic E-state index is 6.49. The first kappa shape index (κ1) is 20.8. The Morgan fingerprint density at radius 3 is 2.81 bits per heavy atom. The number of hydrogen-bond donors (Lipinski definition) is 2. The first-order valence-corrected chi connectivity index (χ1v) is 11.6. The highest BCUT2D eigenvalue weighted by Crippen LogP contribution is 2.43. The molecule has 4 N–H and O–H groups in total. The number of halogens is 1. The molecule has 5 heterocycles. The number of hydrogen-bond acceptors (Lipinski definition) is 8. The number of anilines is 2. The highest BCUT2D eigenvalue weighted by atomic mass is 35.5. The standard InChI is InChI=1S/C21H26ClN7OS/c1-12-20(31-15-3-6-26-18(24)16(15)22)29-11-25-9-14(29)19(27-12)28-7-4-21(5-8-28)10-30-13(2)17(21)23/h3,6,9,11,13,17H,4-5,7-8,10,23H2,1-2H3,(H2,24,26)/t13-,17+/m0/s1. The van der Waals surface area contributed by atoms with Gasteiger partial charge in [0, 0.05) is 35.6 Å². The molecule has 3 aromatic heterocycles. The van der Waals surface area contributed by atoms with Crippen molar-refractivity contribution in [3.63, 3.8) is 0 Å². The van der Waals surface area contributed by atoms with Crippen LogP contribution in [-0.4, -0.2) is 51.2 Å². The van der Waals surface area contributed by atoms with Gasteiger partial charge >= 0.3 is 0 Å². The zero-order valence-corrected chi connectivity index (χ0v) is 19.2. The van der Waals surface area contributed by atoms with E-state index in [1.54, 1.807) is 6.20 Å². The van der Waals surface area contributed by atoms with Crippen LogP contribution in [0.25, 0.3) is 5.52 Å². The molecule has 0 unspecified atom stereocenters. The number of nitrogens with two attached hydrogens (primary N) is 2. The number of ether oxygens (including phenoxy) is 1. The van der Waals surface area contributed by atoms with Crippen LogP contribution in [0.15, 0.2) is 34.7 Å². The summed E-state index contributed by atoms with van der Waals surface area (Å²) in [7, 11) is 0. The van der Waals surface area contributed by atoms with E-state index in [1.807, 2.05) is 25.5 Å². The van der Waals surface area contributed by atoms with Gasteiger partial charge in [0.25, 0.3) is 0 Å². The summed E-state index contributed by atoms with van der Waals surface area (Å²) in [6, 6.07) is 1.95. The molecule has 10 heteroatoms. The van der Waals surface area contributed by atoms with Crippen LogP contribution in [0, 0.1) is 12.3 Å². The van der Waals surface area contributed by atoms with Crippen molar-refractivity contribution in [3.8, 4) is 0 Å². The monoisotopic (exact) mass is 459 g/mol. The molecule has 0 saturated carbocycles. The molecule has 0 aliphatic carbocycles. The van der Waals surface area contributed by atoms with Crippen molar-refractivity contribution in [3.05, 3.63) is 35.5 Å². The van der Waals surface area contributed by atoms with Gasteiger partial charge in [-0.05, 0) is 32.8 Å². The zero-order chi connectivity index (χ0) is 21.8. The first-order valence-electron chi connectivity index (χ1n) is 10.4. The van der Waals surface area contributed by atoms with Crippen LogP contribution in [0.4, 0.5) is 11.6 Å². The van der Waals surface area contributed by atoms with Crippen LogP contribution in [0.1, 0.15) is 25.5 Å². The molecule has 0 radical (unpaired) electrons. The molecule has 2 atom stereocenters. The van der Waals surface area contributed by atoms with Gasteiger partial charge in [0.1, 0.15) is 22.7 Å². The number of nitrogens with zero attached hydrogens (tertiary/aromatic N) is 5. The molecule has 8 nitrogen and oxygen atoms in total. The van der Waals surface area contributed by atoms with Crippen LogP contribution in [0.3, 0.4) is 0 Å². The predicted molar refractivity (Wildman–Crippen MR) is 123 cm³/mol. The number of aryl methyl sites for hydroxylation is 1. The fourth-order valence-electron chi connectivity index (χ4n) is 4.68. The Balaban J connectivity index is 1.45. The second-order valence-electron chi connectivity index (χ2n) is 8.48. The van der Waals surface area contributed by atoms with Crippen molar-refractivity contribution in [1.82, 2.24) is 19.4 Å². The third kappa shape index (κ3) is 3.44. The molecule has 31 heavy (non-hydrogen) atoms. The van der Waals surface area contributed by atoms with E-state index in [0.717, 1.165) is 59.5 Å². The summed E-state index contributed by atoms with van der Waals surface area (Å²) < 4.78 is 7.94. The van der Waals surface area contributed by atoms with E-state index < -0.39 is 0 Å². The summed E-state index contributed by atoms with van der Waals surface area (Å²) in [6.45, 7) is 6.64. The third-order valence-electron chi connectivity index (χ3n) is 6.66. The Kier molecular flexibility index (Phi) is 5.24. The largest absolute Gasteiger partial charge is 0.382 e. The number of piperidine rings is 1. The average Bonchev–Trinajstić information content (AvgIpc) is 3.35. The molecule has 1 spiro atoms. The summed E-state index contributed by atoms with van der Waals surface area (Å²) in [5, 5.41) is 1.41. The normalized spacial score (nSPS) is 23.2. The van der Waals surface area contributed by atoms with E-state index in [0.29, 0.717) is 10.8 Å². The SMILES string of the molecule is Cc1nc(N2CCC3(CC2)CO[C@@H](C)[C@H]3N)c2cncn2c1Sc1ccnc(N)c1Cl. The van der Waals surface area contributed by atoms with E-state index in [1.165, 1.54) is 11.8 Å². The highest BCUT2D eigenvalue weighted by molar-refractivity contribution is 7.99. The minimum atomic E-state index is 0.0787. The zero-order valence-electron chi connectivity index (χ0n) is 17.6. The minimum Gasteiger partial charge on any atom is -0.382 e. The van der Waals surface area contributed by atoms with Crippen molar-refractivity contribution in [2.24, 2.45) is 11.1 Å². The number of aromatic nitrogens is 4. The summed E-state index contributed by atoms with van der Waals surface area (Å²) in [5.74, 6) is 1.27. The lowest BCUT2D eigenvalue weighted by atomic mass is 9.73. The van der Waals surface area contributed by atoms with Gasteiger partial charge in [0.05, 0.1) is 29.6 Å². The molecule has 5 rings (SSSR count). The van der Waals surface area contributed by atoms with E-state index in [9.17, 15) is 0 Å². The Bertz CT molecular complexity index is 1130. The second-order valence-corrected chi connectivity index (χ2v) is 9.89. The molecule has 3 aromatic rings. The highest BCUT2D eigenvalue weighted by Gasteiger charge is 2.47. The van der Waals surface area contributed by atoms with Gasteiger partial charge in [-0.1, -0.05) is 23.4 Å². The van der Waals surface area contributed by atoms with Gasteiger partial charge in [-0.15, -0.1) is 0 Å². The maximum Gasteiger partial charge on any atom is 0.154 e. The Hall–Kier alpha value is -2.07. The smallest absolute Gasteiger partial charge is 0.154 e. The number of imidazole rings is 1. The van der Waals surface area contributed by atoms with Crippen LogP contribution in [-0.2, 0) is 4.74 Å². The van der Waals surface area contributed by atoms with E-state index in [2.05, 4.69) is 26.2 Å². The molecule has 2 aliphatic heterocycles. The van der Waals surface area contributed by atoms with E-state index >= 15 is 0 Å². The molecule has 2 fully saturated rings. The van der Waals surface area contributed by atoms with Crippen molar-refractivity contribution >= 4 is 40.5 Å². The number of nitrogen functional groups attached to an aromatic ring is 1. The second kappa shape index (κ2) is 7.81. The number of fused-ring (bicyclic) bond motifs is 1. The van der Waals surface area contributed by atoms with Crippen molar-refractivity contribution in [2.75, 3.05) is 30.3 Å². The summed E-state index contributed by atoms with van der Waals surface area (Å²) in [4.78, 5) is 16.6. The van der Waals surface area contributed by atoms with Gasteiger partial charge in [-0.2, -0.15) is 0 Å². The van der Waals surface area contributed by atoms with Crippen LogP contribution in [0.2, 0.25) is 5.02 Å². The summed E-state index contributed by atoms with van der Waals surface area (Å²) in [6.07, 6.45) is 7.48. The first-order chi connectivity index (χ1) is 14.9. The van der Waals surface area contributed by atoms with E-state index in [-0.39, 0.29) is 17.6 Å². The van der Waals surface area contributed by atoms with Gasteiger partial charge in [0.15, 0.2) is 5.82 Å². The topological polar surface area (TPSA) is 108 Å². The van der Waals surface area contributed by atoms with Crippen molar-refractivity contribution in [1.29, 1.82) is 0 Å². The summed E-state index contributed by atoms with van der Waals surface area (Å²) >= 11 is 7.89. The Morgan fingerprint density at radius 2 is 2.10 bits per heavy atom. The fraction of sp³-hybridized carbons (Fsp3) is 0.476. The molecule has 0 bridgehead atoms. The quantitative estimate of drug-likeness (QED) is 0.615.